The number of hydrogen-bond acceptors (Lipinski definition) is 4. The molecule has 0 bridgehead atoms. The number of ether oxygens (including phenoxy) is 3. The van der Waals surface area contributed by atoms with Crippen molar-refractivity contribution in [3.63, 3.8) is 0 Å². The topological polar surface area (TPSA) is 44.8 Å². The highest BCUT2D eigenvalue weighted by Crippen LogP contribution is 2.41. The lowest BCUT2D eigenvalue weighted by Crippen LogP contribution is -2.29. The average Bonchev–Trinajstić information content (AvgIpc) is 2.65. The number of carbonyl (C=O) groups is 1. The van der Waals surface area contributed by atoms with Gasteiger partial charge in [0.2, 0.25) is 0 Å². The smallest absolute Gasteiger partial charge is 0.338 e. The van der Waals surface area contributed by atoms with E-state index in [9.17, 15) is 4.79 Å². The van der Waals surface area contributed by atoms with Crippen molar-refractivity contribution < 1.29 is 19.0 Å². The van der Waals surface area contributed by atoms with Gasteiger partial charge in [0.25, 0.3) is 0 Å². The normalized spacial score (nSPS) is 24.6. The van der Waals surface area contributed by atoms with E-state index in [0.717, 1.165) is 0 Å². The lowest BCUT2D eigenvalue weighted by molar-refractivity contribution is -0.170. The summed E-state index contributed by atoms with van der Waals surface area (Å²) < 4.78 is 16.4. The van der Waals surface area contributed by atoms with Gasteiger partial charge >= 0.3 is 5.97 Å². The summed E-state index contributed by atoms with van der Waals surface area (Å²) in [5.74, 6) is -1.35. The van der Waals surface area contributed by atoms with E-state index in [1.165, 1.54) is 0 Å². The molecule has 0 N–H and O–H groups in total. The standard InChI is InChI=1S/C14H16Cl2O4/c1-4-18-13(17)12-11(19-14(2,3)20-12)9-6-5-8(15)7-10(9)16/h5-7,11-12H,4H2,1-3H3/t11-,12+/m1/s1. The van der Waals surface area contributed by atoms with Crippen LogP contribution in [0.2, 0.25) is 10.0 Å². The van der Waals surface area contributed by atoms with Crippen LogP contribution >= 0.6 is 23.2 Å². The van der Waals surface area contributed by atoms with Gasteiger partial charge in [0.05, 0.1) is 6.61 Å². The van der Waals surface area contributed by atoms with E-state index < -0.39 is 24.0 Å². The predicted octanol–water partition coefficient (Wildman–Crippen LogP) is 3.75. The van der Waals surface area contributed by atoms with Crippen molar-refractivity contribution >= 4 is 29.2 Å². The third-order valence-corrected chi connectivity index (χ3v) is 3.45. The summed E-state index contributed by atoms with van der Waals surface area (Å²) in [5.41, 5.74) is 0.652. The molecular weight excluding hydrogens is 303 g/mol. The van der Waals surface area contributed by atoms with E-state index in [2.05, 4.69) is 0 Å². The molecular formula is C14H16Cl2O4. The zero-order chi connectivity index (χ0) is 14.9. The number of hydrogen-bond donors (Lipinski definition) is 0. The molecule has 1 aliphatic rings. The molecule has 2 rings (SSSR count). The molecule has 0 saturated carbocycles. The van der Waals surface area contributed by atoms with Gasteiger partial charge < -0.3 is 14.2 Å². The molecule has 6 heteroatoms. The summed E-state index contributed by atoms with van der Waals surface area (Å²) in [5, 5.41) is 0.947. The predicted molar refractivity (Wildman–Crippen MR) is 75.9 cm³/mol. The second-order valence-corrected chi connectivity index (χ2v) is 5.74. The van der Waals surface area contributed by atoms with Crippen molar-refractivity contribution in [2.45, 2.75) is 38.8 Å². The highest BCUT2D eigenvalue weighted by atomic mass is 35.5. The molecule has 1 fully saturated rings. The minimum Gasteiger partial charge on any atom is -0.464 e. The first-order chi connectivity index (χ1) is 9.34. The number of carbonyl (C=O) groups excluding carboxylic acids is 1. The summed E-state index contributed by atoms with van der Waals surface area (Å²) in [7, 11) is 0. The Hall–Kier alpha value is -0.810. The zero-order valence-electron chi connectivity index (χ0n) is 11.5. The fourth-order valence-corrected chi connectivity index (χ4v) is 2.63. The lowest BCUT2D eigenvalue weighted by Gasteiger charge is -2.17. The quantitative estimate of drug-likeness (QED) is 0.796. The Kier molecular flexibility index (Phi) is 4.59. The first kappa shape index (κ1) is 15.6. The van der Waals surface area contributed by atoms with Gasteiger partial charge in [-0.15, -0.1) is 0 Å². The van der Waals surface area contributed by atoms with E-state index in [0.29, 0.717) is 15.6 Å². The number of esters is 1. The van der Waals surface area contributed by atoms with E-state index in [1.54, 1.807) is 39.0 Å². The van der Waals surface area contributed by atoms with Crippen LogP contribution in [-0.2, 0) is 19.0 Å². The molecule has 1 saturated heterocycles. The van der Waals surface area contributed by atoms with E-state index >= 15 is 0 Å². The number of benzene rings is 1. The van der Waals surface area contributed by atoms with Crippen molar-refractivity contribution in [1.29, 1.82) is 0 Å². The Morgan fingerprint density at radius 2 is 2.05 bits per heavy atom. The molecule has 1 aromatic rings. The average molecular weight is 319 g/mol. The van der Waals surface area contributed by atoms with Gasteiger partial charge in [-0.25, -0.2) is 4.79 Å². The molecule has 1 aromatic carbocycles. The van der Waals surface area contributed by atoms with Gasteiger partial charge in [-0.1, -0.05) is 29.3 Å². The Labute approximate surface area is 127 Å². The van der Waals surface area contributed by atoms with Crippen LogP contribution in [0.1, 0.15) is 32.4 Å². The van der Waals surface area contributed by atoms with Crippen LogP contribution in [0.3, 0.4) is 0 Å². The van der Waals surface area contributed by atoms with Crippen LogP contribution in [0.25, 0.3) is 0 Å². The number of halogens is 2. The molecule has 20 heavy (non-hydrogen) atoms. The van der Waals surface area contributed by atoms with Crippen molar-refractivity contribution in [1.82, 2.24) is 0 Å². The minimum absolute atomic E-state index is 0.278. The fourth-order valence-electron chi connectivity index (χ4n) is 2.12. The van der Waals surface area contributed by atoms with Crippen LogP contribution in [-0.4, -0.2) is 24.5 Å². The zero-order valence-corrected chi connectivity index (χ0v) is 13.0. The Morgan fingerprint density at radius 3 is 2.65 bits per heavy atom. The van der Waals surface area contributed by atoms with Crippen molar-refractivity contribution in [2.24, 2.45) is 0 Å². The third kappa shape index (κ3) is 3.26. The summed E-state index contributed by atoms with van der Waals surface area (Å²) in [6, 6.07) is 5.03. The molecule has 110 valence electrons. The molecule has 4 nitrogen and oxygen atoms in total. The Bertz CT molecular complexity index is 516. The van der Waals surface area contributed by atoms with E-state index in [1.807, 2.05) is 0 Å². The Morgan fingerprint density at radius 1 is 1.35 bits per heavy atom. The molecule has 0 aromatic heterocycles. The Balaban J connectivity index is 2.33. The molecule has 1 aliphatic heterocycles. The molecule has 0 amide bonds. The lowest BCUT2D eigenvalue weighted by atomic mass is 10.0. The fraction of sp³-hybridized carbons (Fsp3) is 0.500. The molecule has 0 radical (unpaired) electrons. The summed E-state index contributed by atoms with van der Waals surface area (Å²) in [6.07, 6.45) is -1.46. The largest absolute Gasteiger partial charge is 0.464 e. The SMILES string of the molecule is CCOC(=O)[C@H]1OC(C)(C)O[C@@H]1c1ccc(Cl)cc1Cl. The maximum absolute atomic E-state index is 12.0. The monoisotopic (exact) mass is 318 g/mol. The first-order valence-electron chi connectivity index (χ1n) is 6.31. The van der Waals surface area contributed by atoms with Gasteiger partial charge in [-0.05, 0) is 32.9 Å². The second kappa shape index (κ2) is 5.90. The second-order valence-electron chi connectivity index (χ2n) is 4.89. The van der Waals surface area contributed by atoms with E-state index in [4.69, 9.17) is 37.4 Å². The highest BCUT2D eigenvalue weighted by molar-refractivity contribution is 6.35. The van der Waals surface area contributed by atoms with Crippen molar-refractivity contribution in [2.75, 3.05) is 6.61 Å². The molecule has 2 atom stereocenters. The molecule has 0 unspecified atom stereocenters. The van der Waals surface area contributed by atoms with Crippen LogP contribution in [0.5, 0.6) is 0 Å². The maximum Gasteiger partial charge on any atom is 0.338 e. The molecule has 0 aliphatic carbocycles. The number of rotatable bonds is 3. The van der Waals surface area contributed by atoms with Gasteiger partial charge in [0.15, 0.2) is 11.9 Å². The molecule has 1 heterocycles. The summed E-state index contributed by atoms with van der Waals surface area (Å²) >= 11 is 12.1. The van der Waals surface area contributed by atoms with Crippen LogP contribution in [0.4, 0.5) is 0 Å². The first-order valence-corrected chi connectivity index (χ1v) is 7.07. The summed E-state index contributed by atoms with van der Waals surface area (Å²) in [6.45, 7) is 5.50. The minimum atomic E-state index is -0.884. The maximum atomic E-state index is 12.0. The van der Waals surface area contributed by atoms with E-state index in [-0.39, 0.29) is 6.61 Å². The van der Waals surface area contributed by atoms with Gasteiger partial charge in [0, 0.05) is 15.6 Å². The van der Waals surface area contributed by atoms with Crippen LogP contribution < -0.4 is 0 Å². The van der Waals surface area contributed by atoms with Crippen LogP contribution in [0.15, 0.2) is 18.2 Å². The van der Waals surface area contributed by atoms with Crippen molar-refractivity contribution in [3.8, 4) is 0 Å². The molecule has 0 spiro atoms. The van der Waals surface area contributed by atoms with Crippen molar-refractivity contribution in [3.05, 3.63) is 33.8 Å². The van der Waals surface area contributed by atoms with Gasteiger partial charge in [-0.2, -0.15) is 0 Å². The van der Waals surface area contributed by atoms with Crippen LogP contribution in [0, 0.1) is 0 Å². The van der Waals surface area contributed by atoms with Gasteiger partial charge in [-0.3, -0.25) is 0 Å². The highest BCUT2D eigenvalue weighted by Gasteiger charge is 2.47. The third-order valence-electron chi connectivity index (χ3n) is 2.88. The summed E-state index contributed by atoms with van der Waals surface area (Å²) in [4.78, 5) is 12.0. The van der Waals surface area contributed by atoms with Gasteiger partial charge in [0.1, 0.15) is 6.10 Å².